The second-order valence-electron chi connectivity index (χ2n) is 13.9. The van der Waals surface area contributed by atoms with Gasteiger partial charge >= 0.3 is 0 Å². The molecular formula is C37H25F7N2O4. The molecule has 9 rings (SSSR count). The Morgan fingerprint density at radius 3 is 1.04 bits per heavy atom. The van der Waals surface area contributed by atoms with Gasteiger partial charge in [-0.3, -0.25) is 29.0 Å². The summed E-state index contributed by atoms with van der Waals surface area (Å²) < 4.78 is 115. The van der Waals surface area contributed by atoms with Crippen LogP contribution in [0.2, 0.25) is 0 Å². The summed E-state index contributed by atoms with van der Waals surface area (Å²) in [4.78, 5) is 57.0. The van der Waals surface area contributed by atoms with E-state index in [1.165, 1.54) is 0 Å². The number of hydrogen-bond donors (Lipinski definition) is 0. The molecule has 0 saturated heterocycles. The van der Waals surface area contributed by atoms with E-state index in [0.29, 0.717) is 43.4 Å². The molecule has 0 bridgehead atoms. The molecule has 2 heterocycles. The number of fused-ring (bicyclic) bond motifs is 2. The number of nitrogens with zero attached hydrogens (tertiary/aromatic N) is 2. The molecular weight excluding hydrogens is 669 g/mol. The lowest BCUT2D eigenvalue weighted by Gasteiger charge is -2.37. The Labute approximate surface area is 278 Å². The molecule has 0 radical (unpaired) electrons. The van der Waals surface area contributed by atoms with Crippen molar-refractivity contribution in [3.63, 3.8) is 0 Å². The van der Waals surface area contributed by atoms with Crippen LogP contribution in [-0.2, 0) is 0 Å². The Morgan fingerprint density at radius 1 is 0.380 bits per heavy atom. The van der Waals surface area contributed by atoms with Crippen molar-refractivity contribution in [3.8, 4) is 0 Å². The number of carbonyl (C=O) groups is 4. The van der Waals surface area contributed by atoms with E-state index in [4.69, 9.17) is 0 Å². The second-order valence-corrected chi connectivity index (χ2v) is 13.9. The molecule has 256 valence electrons. The van der Waals surface area contributed by atoms with E-state index in [2.05, 4.69) is 0 Å². The lowest BCUT2D eigenvalue weighted by Crippen LogP contribution is -2.49. The Morgan fingerprint density at radius 2 is 0.680 bits per heavy atom. The van der Waals surface area contributed by atoms with Crippen LogP contribution in [0.25, 0.3) is 43.1 Å². The summed E-state index contributed by atoms with van der Waals surface area (Å²) in [5, 5.41) is -7.63. The van der Waals surface area contributed by atoms with E-state index >= 15 is 30.7 Å². The quantitative estimate of drug-likeness (QED) is 0.0801. The molecule has 2 fully saturated rings. The summed E-state index contributed by atoms with van der Waals surface area (Å²) in [6.07, 6.45) is 5.30. The molecule has 0 spiro atoms. The lowest BCUT2D eigenvalue weighted by molar-refractivity contribution is 0.0481. The third-order valence-electron chi connectivity index (χ3n) is 11.4. The summed E-state index contributed by atoms with van der Waals surface area (Å²) in [6.45, 7) is 1.10. The highest BCUT2D eigenvalue weighted by Crippen LogP contribution is 2.53. The zero-order chi connectivity index (χ0) is 35.2. The van der Waals surface area contributed by atoms with Crippen molar-refractivity contribution in [2.45, 2.75) is 83.2 Å². The van der Waals surface area contributed by atoms with Crippen LogP contribution in [0, 0.1) is 47.6 Å². The van der Waals surface area contributed by atoms with Crippen molar-refractivity contribution in [2.24, 2.45) is 0 Å². The van der Waals surface area contributed by atoms with Gasteiger partial charge in [0, 0.05) is 55.2 Å². The molecule has 0 atom stereocenters. The zero-order valence-corrected chi connectivity index (χ0v) is 26.4. The first-order valence-corrected chi connectivity index (χ1v) is 16.7. The van der Waals surface area contributed by atoms with Gasteiger partial charge in [-0.05, 0) is 38.2 Å². The maximum Gasteiger partial charge on any atom is 0.264 e. The van der Waals surface area contributed by atoms with Crippen molar-refractivity contribution in [1.82, 2.24) is 9.80 Å². The number of carbonyl (C=O) groups excluding carboxylic acids is 4. The van der Waals surface area contributed by atoms with Crippen LogP contribution < -0.4 is 0 Å². The Balaban J connectivity index is 1.48. The number of amides is 4. The van der Waals surface area contributed by atoms with Gasteiger partial charge in [0.05, 0.1) is 22.3 Å². The van der Waals surface area contributed by atoms with E-state index < -0.39 is 147 Å². The van der Waals surface area contributed by atoms with Gasteiger partial charge in [0.25, 0.3) is 23.6 Å². The Hall–Kier alpha value is -4.81. The number of benzene rings is 5. The minimum atomic E-state index is -1.96. The highest BCUT2D eigenvalue weighted by Gasteiger charge is 2.47. The van der Waals surface area contributed by atoms with Crippen molar-refractivity contribution >= 4 is 66.7 Å². The fourth-order valence-electron chi connectivity index (χ4n) is 9.23. The molecule has 2 aliphatic heterocycles. The Bertz CT molecular complexity index is 2170. The van der Waals surface area contributed by atoms with Gasteiger partial charge < -0.3 is 0 Å². The number of halogens is 7. The summed E-state index contributed by atoms with van der Waals surface area (Å²) >= 11 is 0. The van der Waals surface area contributed by atoms with Gasteiger partial charge in [-0.15, -0.1) is 0 Å². The first kappa shape index (κ1) is 31.2. The van der Waals surface area contributed by atoms with Crippen molar-refractivity contribution in [1.29, 1.82) is 0 Å². The first-order chi connectivity index (χ1) is 23.9. The van der Waals surface area contributed by atoms with Crippen molar-refractivity contribution < 1.29 is 49.9 Å². The SMILES string of the molecule is Cc1c2c3c(c(F)c(F)c4c5c(F)c(F)c6c7c(c(F)c(F)c(c(c1F)c34)c75)C(=O)N(C1CCCCC1)C6=O)C(=O)N(C1CCCCC1)C2=O. The minimum Gasteiger partial charge on any atom is -0.271 e. The molecule has 2 aliphatic carbocycles. The third kappa shape index (κ3) is 3.55. The van der Waals surface area contributed by atoms with E-state index in [-0.39, 0.29) is 12.8 Å². The second kappa shape index (κ2) is 10.4. The molecule has 0 aromatic heterocycles. The van der Waals surface area contributed by atoms with Crippen LogP contribution in [0.4, 0.5) is 30.7 Å². The van der Waals surface area contributed by atoms with Gasteiger partial charge in [-0.2, -0.15) is 0 Å². The van der Waals surface area contributed by atoms with Crippen LogP contribution in [0.1, 0.15) is 111 Å². The first-order valence-electron chi connectivity index (χ1n) is 16.7. The summed E-state index contributed by atoms with van der Waals surface area (Å²) in [5.41, 5.74) is -4.28. The maximum absolute atomic E-state index is 16.8. The van der Waals surface area contributed by atoms with Crippen LogP contribution in [0.5, 0.6) is 0 Å². The predicted molar refractivity (Wildman–Crippen MR) is 167 cm³/mol. The number of imide groups is 2. The summed E-state index contributed by atoms with van der Waals surface area (Å²) in [6, 6.07) is -1.53. The molecule has 0 N–H and O–H groups in total. The highest BCUT2D eigenvalue weighted by molar-refractivity contribution is 6.42. The third-order valence-corrected chi connectivity index (χ3v) is 11.4. The van der Waals surface area contributed by atoms with Crippen LogP contribution in [-0.4, -0.2) is 45.5 Å². The van der Waals surface area contributed by atoms with Crippen LogP contribution in [0.3, 0.4) is 0 Å². The lowest BCUT2D eigenvalue weighted by atomic mass is 9.79. The molecule has 5 aromatic carbocycles. The van der Waals surface area contributed by atoms with Crippen LogP contribution >= 0.6 is 0 Å². The standard InChI is InChI=1S/C37H25F7N2O4/c1-12-15-16-17-20(27(12)38)21-18-19-25(32(43)28(21)39)36(49)46(14-10-6-3-7-11-14)37(50)26(19)33(44)30(41)23(18)22(17)29(40)31(42)24(16)35(48)45(34(15)47)13-8-4-2-5-9-13/h13-14H,2-11H2,1H3. The van der Waals surface area contributed by atoms with Gasteiger partial charge in [0.1, 0.15) is 5.82 Å². The summed E-state index contributed by atoms with van der Waals surface area (Å²) in [7, 11) is 0. The molecule has 50 heavy (non-hydrogen) atoms. The van der Waals surface area contributed by atoms with E-state index in [1.54, 1.807) is 0 Å². The molecule has 13 heteroatoms. The topological polar surface area (TPSA) is 74.8 Å². The van der Waals surface area contributed by atoms with E-state index in [0.717, 1.165) is 24.7 Å². The fraction of sp³-hybridized carbons (Fsp3) is 0.351. The predicted octanol–water partition coefficient (Wildman–Crippen LogP) is 8.88. The zero-order valence-electron chi connectivity index (χ0n) is 26.4. The monoisotopic (exact) mass is 694 g/mol. The molecule has 6 nitrogen and oxygen atoms in total. The molecule has 5 aromatic rings. The minimum absolute atomic E-state index is 0.283. The highest BCUT2D eigenvalue weighted by atomic mass is 19.2. The van der Waals surface area contributed by atoms with Crippen LogP contribution in [0.15, 0.2) is 0 Å². The number of hydrogen-bond acceptors (Lipinski definition) is 4. The van der Waals surface area contributed by atoms with E-state index in [9.17, 15) is 19.2 Å². The average molecular weight is 695 g/mol. The smallest absolute Gasteiger partial charge is 0.264 e. The molecule has 4 amide bonds. The van der Waals surface area contributed by atoms with Crippen molar-refractivity contribution in [2.75, 3.05) is 0 Å². The number of rotatable bonds is 2. The van der Waals surface area contributed by atoms with Crippen molar-refractivity contribution in [3.05, 3.63) is 68.5 Å². The maximum atomic E-state index is 16.8. The molecule has 2 saturated carbocycles. The fourth-order valence-corrected chi connectivity index (χ4v) is 9.23. The summed E-state index contributed by atoms with van der Waals surface area (Å²) in [5.74, 6) is -17.7. The molecule has 4 aliphatic rings. The van der Waals surface area contributed by atoms with Gasteiger partial charge in [-0.1, -0.05) is 38.5 Å². The van der Waals surface area contributed by atoms with Gasteiger partial charge in [-0.25, -0.2) is 30.7 Å². The van der Waals surface area contributed by atoms with Gasteiger partial charge in [0.2, 0.25) is 0 Å². The average Bonchev–Trinajstić information content (AvgIpc) is 3.10. The molecule has 0 unspecified atom stereocenters. The van der Waals surface area contributed by atoms with Gasteiger partial charge in [0.15, 0.2) is 34.9 Å². The largest absolute Gasteiger partial charge is 0.271 e. The van der Waals surface area contributed by atoms with E-state index in [1.807, 2.05) is 0 Å². The normalized spacial score (nSPS) is 19.1. The Kier molecular flexibility index (Phi) is 6.46.